The largest absolute Gasteiger partial charge is 0.511 e. The zero-order valence-electron chi connectivity index (χ0n) is 34.4. The second-order valence-electron chi connectivity index (χ2n) is 15.4. The fourth-order valence-electron chi connectivity index (χ4n) is 7.32. The summed E-state index contributed by atoms with van der Waals surface area (Å²) >= 11 is 6.56. The number of imidazole rings is 1. The average molecular weight is 887 g/mol. The third-order valence-corrected chi connectivity index (χ3v) is 10.6. The second kappa shape index (κ2) is 20.7. The predicted molar refractivity (Wildman–Crippen MR) is 213 cm³/mol. The molecule has 0 radical (unpaired) electrons. The molecule has 334 valence electrons. The van der Waals surface area contributed by atoms with Crippen LogP contribution in [0.15, 0.2) is 48.5 Å². The van der Waals surface area contributed by atoms with Crippen molar-refractivity contribution in [2.45, 2.75) is 103 Å². The maximum Gasteiger partial charge on any atom is 0.511 e. The Morgan fingerprint density at radius 1 is 1.02 bits per heavy atom. The van der Waals surface area contributed by atoms with Gasteiger partial charge in [0.05, 0.1) is 13.2 Å². The number of benzene rings is 2. The molecule has 22 nitrogen and oxygen atoms in total. The molecule has 4 heterocycles. The molecule has 6 atom stereocenters. The van der Waals surface area contributed by atoms with Crippen molar-refractivity contribution in [1.82, 2.24) is 30.2 Å². The van der Waals surface area contributed by atoms with Gasteiger partial charge in [-0.3, -0.25) is 0 Å². The molecule has 3 unspecified atom stereocenters. The number of nitrogens with zero attached hydrogens (tertiary/aromatic N) is 7. The molecule has 2 saturated heterocycles. The third-order valence-electron chi connectivity index (χ3n) is 10.3. The Labute approximate surface area is 359 Å². The maximum absolute atomic E-state index is 13.6. The molecule has 2 aromatic carbocycles. The highest BCUT2D eigenvalue weighted by Gasteiger charge is 2.50. The molecule has 2 aromatic heterocycles. The second-order valence-corrected chi connectivity index (χ2v) is 15.8. The third kappa shape index (κ3) is 11.9. The predicted octanol–water partition coefficient (Wildman–Crippen LogP) is 5.57. The molecule has 23 heteroatoms. The van der Waals surface area contributed by atoms with E-state index in [1.165, 1.54) is 6.92 Å². The number of unbranched alkanes of at least 4 members (excludes halogenated alkanes) is 1. The Balaban J connectivity index is 1.01. The van der Waals surface area contributed by atoms with Crippen molar-refractivity contribution in [2.24, 2.45) is 5.41 Å². The van der Waals surface area contributed by atoms with Crippen LogP contribution in [0.4, 0.5) is 4.79 Å². The first-order valence-electron chi connectivity index (χ1n) is 19.9. The maximum atomic E-state index is 13.6. The Bertz CT molecular complexity index is 2150. The van der Waals surface area contributed by atoms with Gasteiger partial charge in [-0.25, -0.2) is 14.6 Å². The van der Waals surface area contributed by atoms with Gasteiger partial charge < -0.3 is 42.7 Å². The van der Waals surface area contributed by atoms with Gasteiger partial charge in [0, 0.05) is 32.1 Å². The van der Waals surface area contributed by atoms with E-state index in [1.807, 2.05) is 69.3 Å². The van der Waals surface area contributed by atoms with E-state index in [0.29, 0.717) is 24.5 Å². The standard InChI is InChI=1S/C39H47ClN8O14/c1-5-6-11-31-41-35(40)32(46(31)19-24-12-14-25(15-13-24)27-9-7-8-10-28(27)36-42-44-45-43-36)37(49)59-23(2)60-38(50)61-30-22-57-33-29(21-56-34(30)33)55-17-16-39(3,4)18-26(62-48(53)54)20-58-47(51)52/h7-10,12-15,23,26,29-30,33-34H,5-6,11,16-22H2,1-4H3,(H,42,43,44,45)/t23?,26-,29-,30+,33?,34?/m1/s1. The van der Waals surface area contributed by atoms with Crippen LogP contribution >= 0.6 is 11.6 Å². The van der Waals surface area contributed by atoms with Crippen molar-refractivity contribution in [3.05, 3.63) is 91.0 Å². The van der Waals surface area contributed by atoms with E-state index in [9.17, 15) is 29.8 Å². The van der Waals surface area contributed by atoms with Crippen LogP contribution in [0.25, 0.3) is 22.5 Å². The number of ether oxygens (including phenoxy) is 6. The van der Waals surface area contributed by atoms with Crippen molar-refractivity contribution in [1.29, 1.82) is 0 Å². The first-order valence-corrected chi connectivity index (χ1v) is 20.3. The minimum atomic E-state index is -1.38. The lowest BCUT2D eigenvalue weighted by molar-refractivity contribution is -0.790. The fourth-order valence-corrected chi connectivity index (χ4v) is 7.60. The number of aromatic nitrogens is 6. The Hall–Kier alpha value is -5.97. The number of hydrogen-bond donors (Lipinski definition) is 1. The summed E-state index contributed by atoms with van der Waals surface area (Å²) in [4.78, 5) is 61.4. The number of aryl methyl sites for hydroxylation is 1. The summed E-state index contributed by atoms with van der Waals surface area (Å²) in [6.45, 7) is 6.99. The van der Waals surface area contributed by atoms with Crippen LogP contribution in [0.5, 0.6) is 0 Å². The van der Waals surface area contributed by atoms with Crippen LogP contribution in [0.2, 0.25) is 5.15 Å². The minimum absolute atomic E-state index is 0.00232. The molecular formula is C39H47ClN8O14. The highest BCUT2D eigenvalue weighted by molar-refractivity contribution is 6.32. The van der Waals surface area contributed by atoms with Crippen LogP contribution in [-0.4, -0.2) is 116 Å². The SMILES string of the molecule is CCCCc1nc(Cl)c(C(=O)OC(C)OC(=O)O[C@H]2COC3C2OC[C@H]3OCCC(C)(C)C[C@H](CO[N+](=O)[O-])O[N+](=O)[O-])n1Cc1ccc(-c2ccccc2-c2nn[nH]n2)cc1. The minimum Gasteiger partial charge on any atom is -0.426 e. The summed E-state index contributed by atoms with van der Waals surface area (Å²) in [6.07, 6.45) is -3.54. The number of rotatable bonds is 22. The lowest BCUT2D eigenvalue weighted by Gasteiger charge is -2.29. The van der Waals surface area contributed by atoms with Crippen LogP contribution in [0, 0.1) is 25.6 Å². The number of fused-ring (bicyclic) bond motifs is 1. The number of esters is 1. The Morgan fingerprint density at radius 3 is 2.40 bits per heavy atom. The lowest BCUT2D eigenvalue weighted by atomic mass is 9.84. The first kappa shape index (κ1) is 45.6. The van der Waals surface area contributed by atoms with Crippen molar-refractivity contribution >= 4 is 23.7 Å². The fraction of sp³-hybridized carbons (Fsp3) is 0.538. The highest BCUT2D eigenvalue weighted by atomic mass is 35.5. The van der Waals surface area contributed by atoms with E-state index in [-0.39, 0.29) is 43.6 Å². The Kier molecular flexibility index (Phi) is 15.2. The monoisotopic (exact) mass is 886 g/mol. The van der Waals surface area contributed by atoms with E-state index in [4.69, 9.17) is 40.0 Å². The van der Waals surface area contributed by atoms with Crippen LogP contribution in [0.1, 0.15) is 75.3 Å². The highest BCUT2D eigenvalue weighted by Crippen LogP contribution is 2.34. The van der Waals surface area contributed by atoms with E-state index in [0.717, 1.165) is 35.1 Å². The van der Waals surface area contributed by atoms with Crippen molar-refractivity contribution in [3.63, 3.8) is 0 Å². The summed E-state index contributed by atoms with van der Waals surface area (Å²) in [6, 6.07) is 15.5. The normalized spacial score (nSPS) is 19.3. The topological polar surface area (TPSA) is 267 Å². The molecule has 1 N–H and O–H groups in total. The molecule has 6 rings (SSSR count). The van der Waals surface area contributed by atoms with Gasteiger partial charge >= 0.3 is 12.1 Å². The number of nitrogens with one attached hydrogen (secondary N) is 1. The molecule has 62 heavy (non-hydrogen) atoms. The quantitative estimate of drug-likeness (QED) is 0.0437. The summed E-state index contributed by atoms with van der Waals surface area (Å²) in [5, 5.41) is 33.8. The zero-order chi connectivity index (χ0) is 44.4. The summed E-state index contributed by atoms with van der Waals surface area (Å²) in [7, 11) is 0. The van der Waals surface area contributed by atoms with Gasteiger partial charge in [-0.1, -0.05) is 87.3 Å². The molecule has 0 spiro atoms. The number of H-pyrrole nitrogens is 1. The molecule has 2 aliphatic heterocycles. The number of carbonyl (C=O) groups is 2. The summed E-state index contributed by atoms with van der Waals surface area (Å²) in [5.41, 5.74) is 2.92. The van der Waals surface area contributed by atoms with Crippen molar-refractivity contribution < 1.29 is 57.9 Å². The van der Waals surface area contributed by atoms with Gasteiger partial charge in [0.1, 0.15) is 36.8 Å². The number of carbonyl (C=O) groups excluding carboxylic acids is 2. The number of hydrogen-bond acceptors (Lipinski definition) is 18. The van der Waals surface area contributed by atoms with E-state index in [2.05, 4.69) is 35.3 Å². The Morgan fingerprint density at radius 2 is 1.73 bits per heavy atom. The molecule has 4 aromatic rings. The molecule has 0 saturated carbocycles. The molecule has 0 amide bonds. The number of tetrazole rings is 1. The molecule has 2 fully saturated rings. The lowest BCUT2D eigenvalue weighted by Crippen LogP contribution is -2.36. The zero-order valence-corrected chi connectivity index (χ0v) is 35.1. The average Bonchev–Trinajstić information content (AvgIpc) is 4.03. The molecule has 0 aliphatic carbocycles. The van der Waals surface area contributed by atoms with E-state index >= 15 is 0 Å². The van der Waals surface area contributed by atoms with Crippen LogP contribution in [-0.2, 0) is 51.1 Å². The molecule has 2 aliphatic rings. The first-order chi connectivity index (χ1) is 29.7. The smallest absolute Gasteiger partial charge is 0.426 e. The van der Waals surface area contributed by atoms with Gasteiger partial charge in [-0.15, -0.1) is 30.4 Å². The number of aromatic amines is 1. The van der Waals surface area contributed by atoms with Crippen LogP contribution in [0.3, 0.4) is 0 Å². The summed E-state index contributed by atoms with van der Waals surface area (Å²) < 4.78 is 35.8. The molecule has 0 bridgehead atoms. The van der Waals surface area contributed by atoms with Crippen molar-refractivity contribution in [3.8, 4) is 22.5 Å². The van der Waals surface area contributed by atoms with Gasteiger partial charge in [0.15, 0.2) is 17.0 Å². The summed E-state index contributed by atoms with van der Waals surface area (Å²) in [5.74, 6) is 0.211. The van der Waals surface area contributed by atoms with E-state index in [1.54, 1.807) is 4.57 Å². The van der Waals surface area contributed by atoms with Gasteiger partial charge in [-0.2, -0.15) is 5.21 Å². The van der Waals surface area contributed by atoms with Crippen molar-refractivity contribution in [2.75, 3.05) is 26.4 Å². The van der Waals surface area contributed by atoms with Gasteiger partial charge in [0.2, 0.25) is 12.1 Å². The van der Waals surface area contributed by atoms with Gasteiger partial charge in [0.25, 0.3) is 10.2 Å². The van der Waals surface area contributed by atoms with Crippen LogP contribution < -0.4 is 0 Å². The van der Waals surface area contributed by atoms with Gasteiger partial charge in [-0.05, 0) is 46.6 Å². The van der Waals surface area contributed by atoms with E-state index < -0.39 is 71.1 Å². The number of halogens is 1. The molecular weight excluding hydrogens is 840 g/mol.